The third-order valence-corrected chi connectivity index (χ3v) is 4.67. The maximum absolute atomic E-state index is 5.02. The van der Waals surface area contributed by atoms with Gasteiger partial charge in [-0.25, -0.2) is 4.98 Å². The van der Waals surface area contributed by atoms with E-state index in [1.165, 1.54) is 23.5 Å². The SMILES string of the molecule is CC(C)(C)c1nc(C2CC2)c(-c2nc(=S)[nH][nH]2)s1. The Labute approximate surface area is 115 Å². The zero-order valence-corrected chi connectivity index (χ0v) is 12.3. The van der Waals surface area contributed by atoms with Gasteiger partial charge in [-0.3, -0.25) is 10.2 Å². The molecule has 1 aliphatic rings. The van der Waals surface area contributed by atoms with Crippen molar-refractivity contribution >= 4 is 23.6 Å². The van der Waals surface area contributed by atoms with E-state index < -0.39 is 0 Å². The fourth-order valence-corrected chi connectivity index (χ4v) is 3.13. The fourth-order valence-electron chi connectivity index (χ4n) is 1.83. The summed E-state index contributed by atoms with van der Waals surface area (Å²) in [4.78, 5) is 10.3. The molecule has 0 aliphatic heterocycles. The molecule has 96 valence electrons. The van der Waals surface area contributed by atoms with Crippen LogP contribution >= 0.6 is 23.6 Å². The number of aromatic amines is 2. The first-order chi connectivity index (χ1) is 8.45. The second kappa shape index (κ2) is 3.99. The van der Waals surface area contributed by atoms with Gasteiger partial charge in [0.05, 0.1) is 15.6 Å². The smallest absolute Gasteiger partial charge is 0.213 e. The average molecular weight is 280 g/mol. The van der Waals surface area contributed by atoms with Gasteiger partial charge < -0.3 is 0 Å². The number of H-pyrrole nitrogens is 2. The van der Waals surface area contributed by atoms with E-state index in [1.54, 1.807) is 11.3 Å². The molecule has 1 saturated carbocycles. The molecule has 0 atom stereocenters. The normalized spacial score (nSPS) is 16.2. The zero-order chi connectivity index (χ0) is 12.9. The van der Waals surface area contributed by atoms with Crippen molar-refractivity contribution in [2.45, 2.75) is 44.9 Å². The fraction of sp³-hybridized carbons (Fsp3) is 0.583. The Bertz CT molecular complexity index is 625. The summed E-state index contributed by atoms with van der Waals surface area (Å²) in [6.45, 7) is 6.58. The van der Waals surface area contributed by atoms with Gasteiger partial charge in [-0.05, 0) is 25.1 Å². The van der Waals surface area contributed by atoms with E-state index in [1.807, 2.05) is 0 Å². The van der Waals surface area contributed by atoms with Gasteiger partial charge in [0.2, 0.25) is 4.77 Å². The molecule has 4 nitrogen and oxygen atoms in total. The lowest BCUT2D eigenvalue weighted by Gasteiger charge is -2.13. The lowest BCUT2D eigenvalue weighted by Crippen LogP contribution is -2.10. The lowest BCUT2D eigenvalue weighted by molar-refractivity contribution is 0.583. The molecule has 1 fully saturated rings. The quantitative estimate of drug-likeness (QED) is 0.823. The van der Waals surface area contributed by atoms with Crippen LogP contribution in [0.4, 0.5) is 0 Å². The largest absolute Gasteiger partial charge is 0.281 e. The number of aromatic nitrogens is 4. The van der Waals surface area contributed by atoms with Crippen LogP contribution in [-0.2, 0) is 5.41 Å². The highest BCUT2D eigenvalue weighted by Crippen LogP contribution is 2.46. The van der Waals surface area contributed by atoms with Gasteiger partial charge >= 0.3 is 0 Å². The van der Waals surface area contributed by atoms with E-state index in [9.17, 15) is 0 Å². The summed E-state index contributed by atoms with van der Waals surface area (Å²) in [6.07, 6.45) is 2.48. The van der Waals surface area contributed by atoms with Crippen molar-refractivity contribution < 1.29 is 0 Å². The second-order valence-corrected chi connectivity index (χ2v) is 7.16. The van der Waals surface area contributed by atoms with E-state index in [4.69, 9.17) is 17.2 Å². The first-order valence-electron chi connectivity index (χ1n) is 6.11. The zero-order valence-electron chi connectivity index (χ0n) is 10.7. The van der Waals surface area contributed by atoms with Crippen LogP contribution in [-0.4, -0.2) is 20.2 Å². The molecule has 2 N–H and O–H groups in total. The summed E-state index contributed by atoms with van der Waals surface area (Å²) < 4.78 is 0.498. The van der Waals surface area contributed by atoms with Crippen molar-refractivity contribution in [2.75, 3.05) is 0 Å². The van der Waals surface area contributed by atoms with E-state index in [0.29, 0.717) is 10.7 Å². The Kier molecular flexibility index (Phi) is 2.67. The highest BCUT2D eigenvalue weighted by atomic mass is 32.1. The van der Waals surface area contributed by atoms with Crippen molar-refractivity contribution in [3.8, 4) is 10.7 Å². The number of hydrogen-bond acceptors (Lipinski definition) is 4. The van der Waals surface area contributed by atoms with Gasteiger partial charge in [0, 0.05) is 11.3 Å². The van der Waals surface area contributed by atoms with Crippen LogP contribution in [0.1, 0.15) is 50.2 Å². The van der Waals surface area contributed by atoms with E-state index in [2.05, 4.69) is 36.0 Å². The molecule has 0 bridgehead atoms. The van der Waals surface area contributed by atoms with Crippen LogP contribution in [0.2, 0.25) is 0 Å². The van der Waals surface area contributed by atoms with Crippen LogP contribution in [0.15, 0.2) is 0 Å². The average Bonchev–Trinajstić information content (AvgIpc) is 2.86. The monoisotopic (exact) mass is 280 g/mol. The highest BCUT2D eigenvalue weighted by molar-refractivity contribution is 7.71. The third kappa shape index (κ3) is 2.14. The number of nitrogens with zero attached hydrogens (tertiary/aromatic N) is 2. The number of nitrogens with one attached hydrogen (secondary N) is 2. The molecule has 1 aliphatic carbocycles. The Balaban J connectivity index is 2.12. The molecule has 2 aromatic rings. The van der Waals surface area contributed by atoms with Gasteiger partial charge in [0.1, 0.15) is 0 Å². The second-order valence-electron chi connectivity index (χ2n) is 5.77. The standard InChI is InChI=1S/C12H16N4S2/c1-12(2,3)10-13-7(6-4-5-6)8(18-10)9-14-11(17)16-15-9/h6H,4-5H2,1-3H3,(H2,14,15,16,17). The molecule has 2 aromatic heterocycles. The Morgan fingerprint density at radius 1 is 1.22 bits per heavy atom. The summed E-state index contributed by atoms with van der Waals surface area (Å²) in [5.74, 6) is 1.45. The maximum atomic E-state index is 5.02. The number of thiazole rings is 1. The Hall–Kier alpha value is -1.01. The van der Waals surface area contributed by atoms with Gasteiger partial charge in [0.25, 0.3) is 0 Å². The summed E-state index contributed by atoms with van der Waals surface area (Å²) in [7, 11) is 0. The summed E-state index contributed by atoms with van der Waals surface area (Å²) in [6, 6.07) is 0. The minimum atomic E-state index is 0.0830. The van der Waals surface area contributed by atoms with Crippen molar-refractivity contribution in [3.05, 3.63) is 15.5 Å². The van der Waals surface area contributed by atoms with Crippen LogP contribution in [0.25, 0.3) is 10.7 Å². The molecular weight excluding hydrogens is 264 g/mol. The molecule has 18 heavy (non-hydrogen) atoms. The maximum Gasteiger partial charge on any atom is 0.213 e. The predicted molar refractivity (Wildman–Crippen MR) is 75.6 cm³/mol. The van der Waals surface area contributed by atoms with Gasteiger partial charge in [-0.2, -0.15) is 4.98 Å². The van der Waals surface area contributed by atoms with Crippen molar-refractivity contribution in [3.63, 3.8) is 0 Å². The summed E-state index contributed by atoms with van der Waals surface area (Å²) in [5, 5.41) is 7.07. The van der Waals surface area contributed by atoms with Crippen molar-refractivity contribution in [1.82, 2.24) is 20.2 Å². The first kappa shape index (κ1) is 12.0. The lowest BCUT2D eigenvalue weighted by atomic mass is 9.98. The molecule has 3 rings (SSSR count). The van der Waals surface area contributed by atoms with Gasteiger partial charge in [-0.15, -0.1) is 11.3 Å². The molecule has 0 aromatic carbocycles. The molecule has 0 saturated heterocycles. The molecule has 0 amide bonds. The van der Waals surface area contributed by atoms with Crippen molar-refractivity contribution in [2.24, 2.45) is 0 Å². The summed E-state index contributed by atoms with van der Waals surface area (Å²) >= 11 is 6.75. The molecule has 0 radical (unpaired) electrons. The molecule has 2 heterocycles. The number of rotatable bonds is 2. The Morgan fingerprint density at radius 3 is 2.44 bits per heavy atom. The minimum Gasteiger partial charge on any atom is -0.281 e. The first-order valence-corrected chi connectivity index (χ1v) is 7.34. The van der Waals surface area contributed by atoms with E-state index >= 15 is 0 Å². The predicted octanol–water partition coefficient (Wildman–Crippen LogP) is 3.77. The summed E-state index contributed by atoms with van der Waals surface area (Å²) in [5.41, 5.74) is 1.28. The van der Waals surface area contributed by atoms with E-state index in [-0.39, 0.29) is 5.41 Å². The Morgan fingerprint density at radius 2 is 1.94 bits per heavy atom. The van der Waals surface area contributed by atoms with Crippen LogP contribution < -0.4 is 0 Å². The van der Waals surface area contributed by atoms with Crippen molar-refractivity contribution in [1.29, 1.82) is 0 Å². The molecule has 0 spiro atoms. The topological polar surface area (TPSA) is 57.4 Å². The van der Waals surface area contributed by atoms with E-state index in [0.717, 1.165) is 10.7 Å². The van der Waals surface area contributed by atoms with Crippen LogP contribution in [0.5, 0.6) is 0 Å². The van der Waals surface area contributed by atoms with Gasteiger partial charge in [0.15, 0.2) is 5.82 Å². The molecular formula is C12H16N4S2. The van der Waals surface area contributed by atoms with Crippen LogP contribution in [0, 0.1) is 4.77 Å². The minimum absolute atomic E-state index is 0.0830. The molecule has 0 unspecified atom stereocenters. The number of hydrogen-bond donors (Lipinski definition) is 2. The third-order valence-electron chi connectivity index (χ3n) is 2.98. The van der Waals surface area contributed by atoms with Gasteiger partial charge in [-0.1, -0.05) is 20.8 Å². The molecule has 6 heteroatoms. The van der Waals surface area contributed by atoms with Crippen LogP contribution in [0.3, 0.4) is 0 Å². The highest BCUT2D eigenvalue weighted by Gasteiger charge is 2.33.